The van der Waals surface area contributed by atoms with Gasteiger partial charge in [0.2, 0.25) is 0 Å². The SMILES string of the molecule is C=C/C(F)=C\C=C\Nc1ccc2c(c1)c1ccccc1n2-c1ccccc1. The molecule has 0 bridgehead atoms. The second kappa shape index (κ2) is 7.34. The second-order valence-electron chi connectivity index (χ2n) is 6.18. The summed E-state index contributed by atoms with van der Waals surface area (Å²) >= 11 is 0. The number of rotatable bonds is 5. The fourth-order valence-corrected chi connectivity index (χ4v) is 3.27. The Hall–Kier alpha value is -3.59. The van der Waals surface area contributed by atoms with Crippen LogP contribution < -0.4 is 5.32 Å². The molecule has 0 saturated heterocycles. The smallest absolute Gasteiger partial charge is 0.122 e. The van der Waals surface area contributed by atoms with Crippen LogP contribution in [0.15, 0.2) is 110 Å². The van der Waals surface area contributed by atoms with Gasteiger partial charge in [0.25, 0.3) is 0 Å². The third-order valence-corrected chi connectivity index (χ3v) is 4.48. The molecular formula is C24H19FN2. The van der Waals surface area contributed by atoms with Crippen molar-refractivity contribution in [3.05, 3.63) is 110 Å². The van der Waals surface area contributed by atoms with Gasteiger partial charge in [-0.15, -0.1) is 0 Å². The number of halogens is 1. The quantitative estimate of drug-likeness (QED) is 0.392. The summed E-state index contributed by atoms with van der Waals surface area (Å²) in [7, 11) is 0. The zero-order valence-corrected chi connectivity index (χ0v) is 14.8. The van der Waals surface area contributed by atoms with Crippen molar-refractivity contribution in [2.75, 3.05) is 5.32 Å². The normalized spacial score (nSPS) is 12.1. The molecule has 0 saturated carbocycles. The Morgan fingerprint density at radius 1 is 0.889 bits per heavy atom. The van der Waals surface area contributed by atoms with Crippen molar-refractivity contribution < 1.29 is 4.39 Å². The van der Waals surface area contributed by atoms with E-state index in [0.717, 1.165) is 16.9 Å². The molecule has 0 fully saturated rings. The number of hydrogen-bond donors (Lipinski definition) is 1. The first kappa shape index (κ1) is 16.9. The summed E-state index contributed by atoms with van der Waals surface area (Å²) < 4.78 is 15.3. The number of anilines is 1. The van der Waals surface area contributed by atoms with Crippen molar-refractivity contribution in [3.63, 3.8) is 0 Å². The van der Waals surface area contributed by atoms with Gasteiger partial charge in [-0.05, 0) is 54.6 Å². The number of para-hydroxylation sites is 2. The standard InChI is InChI=1S/C24H19FN2/c1-2-18(25)9-8-16-26-19-14-15-24-22(17-19)21-12-6-7-13-23(21)27(24)20-10-4-3-5-11-20/h2-17,26H,1H2/b16-8+,18-9+. The Morgan fingerprint density at radius 3 is 2.44 bits per heavy atom. The summed E-state index contributed by atoms with van der Waals surface area (Å²) in [5.41, 5.74) is 4.40. The van der Waals surface area contributed by atoms with Crippen LogP contribution in [0.2, 0.25) is 0 Å². The van der Waals surface area contributed by atoms with E-state index in [-0.39, 0.29) is 5.83 Å². The van der Waals surface area contributed by atoms with Gasteiger partial charge in [0.05, 0.1) is 11.0 Å². The number of aromatic nitrogens is 1. The van der Waals surface area contributed by atoms with Crippen LogP contribution in [-0.4, -0.2) is 4.57 Å². The molecule has 1 N–H and O–H groups in total. The van der Waals surface area contributed by atoms with Gasteiger partial charge in [0.1, 0.15) is 5.83 Å². The molecule has 3 aromatic carbocycles. The Morgan fingerprint density at radius 2 is 1.63 bits per heavy atom. The maximum Gasteiger partial charge on any atom is 0.122 e. The Bertz CT molecular complexity index is 1170. The fourth-order valence-electron chi connectivity index (χ4n) is 3.27. The van der Waals surface area contributed by atoms with Crippen LogP contribution in [0.5, 0.6) is 0 Å². The molecule has 1 heterocycles. The highest BCUT2D eigenvalue weighted by Crippen LogP contribution is 2.33. The molecule has 0 aliphatic rings. The molecule has 1 aromatic heterocycles. The van der Waals surface area contributed by atoms with Gasteiger partial charge in [-0.1, -0.05) is 43.0 Å². The minimum Gasteiger partial charge on any atom is -0.362 e. The highest BCUT2D eigenvalue weighted by atomic mass is 19.1. The Balaban J connectivity index is 1.81. The van der Waals surface area contributed by atoms with Gasteiger partial charge >= 0.3 is 0 Å². The maximum absolute atomic E-state index is 13.1. The zero-order chi connectivity index (χ0) is 18.6. The summed E-state index contributed by atoms with van der Waals surface area (Å²) in [6.45, 7) is 3.39. The van der Waals surface area contributed by atoms with Gasteiger partial charge in [-0.3, -0.25) is 0 Å². The van der Waals surface area contributed by atoms with Gasteiger partial charge in [0, 0.05) is 28.3 Å². The van der Waals surface area contributed by atoms with E-state index in [4.69, 9.17) is 0 Å². The average Bonchev–Trinajstić information content (AvgIpc) is 3.05. The van der Waals surface area contributed by atoms with E-state index < -0.39 is 0 Å². The molecule has 0 amide bonds. The van der Waals surface area contributed by atoms with Gasteiger partial charge < -0.3 is 9.88 Å². The second-order valence-corrected chi connectivity index (χ2v) is 6.18. The minimum atomic E-state index is -0.366. The molecule has 0 unspecified atom stereocenters. The number of nitrogens with one attached hydrogen (secondary N) is 1. The van der Waals surface area contributed by atoms with E-state index in [1.165, 1.54) is 28.4 Å². The summed E-state index contributed by atoms with van der Waals surface area (Å²) in [6, 6.07) is 25.0. The van der Waals surface area contributed by atoms with Crippen LogP contribution in [0, 0.1) is 0 Å². The number of benzene rings is 3. The first-order valence-corrected chi connectivity index (χ1v) is 8.78. The summed E-state index contributed by atoms with van der Waals surface area (Å²) in [4.78, 5) is 0. The van der Waals surface area contributed by atoms with E-state index >= 15 is 0 Å². The van der Waals surface area contributed by atoms with E-state index in [2.05, 4.69) is 65.0 Å². The van der Waals surface area contributed by atoms with Crippen LogP contribution in [0.4, 0.5) is 10.1 Å². The van der Waals surface area contributed by atoms with Crippen molar-refractivity contribution in [1.29, 1.82) is 0 Å². The van der Waals surface area contributed by atoms with Gasteiger partial charge in [0.15, 0.2) is 0 Å². The van der Waals surface area contributed by atoms with Crippen molar-refractivity contribution >= 4 is 27.5 Å². The summed E-state index contributed by atoms with van der Waals surface area (Å²) in [5.74, 6) is -0.366. The third-order valence-electron chi connectivity index (χ3n) is 4.48. The molecule has 0 spiro atoms. The maximum atomic E-state index is 13.1. The first-order valence-electron chi connectivity index (χ1n) is 8.78. The summed E-state index contributed by atoms with van der Waals surface area (Å²) in [5, 5.41) is 5.56. The molecule has 0 radical (unpaired) electrons. The van der Waals surface area contributed by atoms with Crippen molar-refractivity contribution in [1.82, 2.24) is 4.57 Å². The van der Waals surface area contributed by atoms with Crippen LogP contribution in [0.25, 0.3) is 27.5 Å². The molecule has 27 heavy (non-hydrogen) atoms. The van der Waals surface area contributed by atoms with Crippen molar-refractivity contribution in [2.45, 2.75) is 0 Å². The van der Waals surface area contributed by atoms with Gasteiger partial charge in [-0.25, -0.2) is 4.39 Å². The highest BCUT2D eigenvalue weighted by Gasteiger charge is 2.11. The van der Waals surface area contributed by atoms with E-state index in [1.807, 2.05) is 24.3 Å². The van der Waals surface area contributed by atoms with Crippen LogP contribution in [0.1, 0.15) is 0 Å². The lowest BCUT2D eigenvalue weighted by molar-refractivity contribution is 0.668. The monoisotopic (exact) mass is 354 g/mol. The molecule has 0 aliphatic carbocycles. The van der Waals surface area contributed by atoms with Crippen molar-refractivity contribution in [2.24, 2.45) is 0 Å². The largest absolute Gasteiger partial charge is 0.362 e. The molecule has 2 nitrogen and oxygen atoms in total. The van der Waals surface area contributed by atoms with E-state index in [0.29, 0.717) is 0 Å². The molecule has 3 heteroatoms. The number of fused-ring (bicyclic) bond motifs is 3. The molecule has 132 valence electrons. The molecule has 0 atom stereocenters. The fraction of sp³-hybridized carbons (Fsp3) is 0. The summed E-state index contributed by atoms with van der Waals surface area (Å²) in [6.07, 6.45) is 5.86. The first-order chi connectivity index (χ1) is 13.3. The Kier molecular flexibility index (Phi) is 4.58. The minimum absolute atomic E-state index is 0.366. The molecule has 4 rings (SSSR count). The Labute approximate surface area is 157 Å². The van der Waals surface area contributed by atoms with Crippen molar-refractivity contribution in [3.8, 4) is 5.69 Å². The number of nitrogens with zero attached hydrogens (tertiary/aromatic N) is 1. The average molecular weight is 354 g/mol. The topological polar surface area (TPSA) is 17.0 Å². The highest BCUT2D eigenvalue weighted by molar-refractivity contribution is 6.10. The van der Waals surface area contributed by atoms with E-state index in [9.17, 15) is 4.39 Å². The van der Waals surface area contributed by atoms with Crippen LogP contribution >= 0.6 is 0 Å². The number of allylic oxidation sites excluding steroid dienone is 4. The van der Waals surface area contributed by atoms with Crippen LogP contribution in [-0.2, 0) is 0 Å². The van der Waals surface area contributed by atoms with Crippen LogP contribution in [0.3, 0.4) is 0 Å². The molecular weight excluding hydrogens is 335 g/mol. The zero-order valence-electron chi connectivity index (χ0n) is 14.8. The lowest BCUT2D eigenvalue weighted by atomic mass is 10.1. The third kappa shape index (κ3) is 3.27. The van der Waals surface area contributed by atoms with Gasteiger partial charge in [-0.2, -0.15) is 0 Å². The lowest BCUT2D eigenvalue weighted by Crippen LogP contribution is -1.93. The predicted molar refractivity (Wildman–Crippen MR) is 113 cm³/mol. The predicted octanol–water partition coefficient (Wildman–Crippen LogP) is 6.75. The lowest BCUT2D eigenvalue weighted by Gasteiger charge is -2.07. The molecule has 0 aliphatic heterocycles. The van der Waals surface area contributed by atoms with E-state index in [1.54, 1.807) is 12.3 Å². The number of hydrogen-bond acceptors (Lipinski definition) is 1. The molecule has 4 aromatic rings.